The van der Waals surface area contributed by atoms with Crippen LogP contribution in [0.2, 0.25) is 0 Å². The fourth-order valence-electron chi connectivity index (χ4n) is 4.74. The van der Waals surface area contributed by atoms with Gasteiger partial charge >= 0.3 is 0 Å². The number of anilines is 1. The number of benzene rings is 2. The summed E-state index contributed by atoms with van der Waals surface area (Å²) in [6, 6.07) is 13.0. The number of hydrogen-bond donors (Lipinski definition) is 1. The van der Waals surface area contributed by atoms with E-state index < -0.39 is 10.0 Å². The number of amides is 1. The predicted octanol–water partition coefficient (Wildman–Crippen LogP) is 4.58. The van der Waals surface area contributed by atoms with Crippen LogP contribution in [0.25, 0.3) is 0 Å². The average molecular weight is 486 g/mol. The first-order valence-corrected chi connectivity index (χ1v) is 13.8. The number of likely N-dealkylation sites (tertiary alicyclic amines) is 1. The Kier molecular flexibility index (Phi) is 9.14. The summed E-state index contributed by atoms with van der Waals surface area (Å²) in [4.78, 5) is 15.6. The first-order chi connectivity index (χ1) is 16.2. The molecule has 0 radical (unpaired) electrons. The Morgan fingerprint density at radius 3 is 2.44 bits per heavy atom. The molecule has 0 spiro atoms. The molecule has 1 heterocycles. The Bertz CT molecular complexity index is 1070. The fourth-order valence-corrected chi connectivity index (χ4v) is 6.22. The molecule has 0 aliphatic carbocycles. The minimum absolute atomic E-state index is 0.182. The maximum Gasteiger partial charge on any atom is 0.264 e. The van der Waals surface area contributed by atoms with E-state index in [4.69, 9.17) is 0 Å². The second-order valence-corrected chi connectivity index (χ2v) is 11.3. The molecule has 0 bridgehead atoms. The summed E-state index contributed by atoms with van der Waals surface area (Å²) in [6.07, 6.45) is 5.81. The number of carbonyl (C=O) groups excluding carboxylic acids is 1. The minimum Gasteiger partial charge on any atom is -0.354 e. The SMILES string of the molecule is CCC1CCCCN1CCCNC(=O)CN(c1ccc(C)cc1C)S(=O)(=O)c1ccc(C)cc1. The lowest BCUT2D eigenvalue weighted by Gasteiger charge is -2.35. The number of nitrogens with zero attached hydrogens (tertiary/aromatic N) is 2. The summed E-state index contributed by atoms with van der Waals surface area (Å²) in [5.74, 6) is -0.290. The minimum atomic E-state index is -3.90. The molecule has 34 heavy (non-hydrogen) atoms. The van der Waals surface area contributed by atoms with Crippen molar-refractivity contribution in [3.63, 3.8) is 0 Å². The van der Waals surface area contributed by atoms with Gasteiger partial charge in [0.1, 0.15) is 6.54 Å². The fraction of sp³-hybridized carbons (Fsp3) is 0.519. The molecule has 186 valence electrons. The number of piperidine rings is 1. The van der Waals surface area contributed by atoms with Crippen molar-refractivity contribution in [3.8, 4) is 0 Å². The van der Waals surface area contributed by atoms with Crippen molar-refractivity contribution in [2.24, 2.45) is 0 Å². The summed E-state index contributed by atoms with van der Waals surface area (Å²) in [6.45, 7) is 10.4. The summed E-state index contributed by atoms with van der Waals surface area (Å²) in [5.41, 5.74) is 3.37. The van der Waals surface area contributed by atoms with Gasteiger partial charge in [-0.1, -0.05) is 48.7 Å². The third-order valence-electron chi connectivity index (χ3n) is 6.68. The van der Waals surface area contributed by atoms with Gasteiger partial charge in [0.05, 0.1) is 10.6 Å². The maximum absolute atomic E-state index is 13.6. The molecule has 3 rings (SSSR count). The third-order valence-corrected chi connectivity index (χ3v) is 8.46. The molecule has 1 unspecified atom stereocenters. The first kappa shape index (κ1) is 26.2. The molecule has 1 aliphatic heterocycles. The lowest BCUT2D eigenvalue weighted by atomic mass is 10.00. The second kappa shape index (κ2) is 11.8. The van der Waals surface area contributed by atoms with Crippen LogP contribution in [-0.4, -0.2) is 51.4 Å². The van der Waals surface area contributed by atoms with Gasteiger partial charge in [-0.25, -0.2) is 8.42 Å². The van der Waals surface area contributed by atoms with Gasteiger partial charge in [0.2, 0.25) is 5.91 Å². The lowest BCUT2D eigenvalue weighted by molar-refractivity contribution is -0.119. The highest BCUT2D eigenvalue weighted by Gasteiger charge is 2.28. The van der Waals surface area contributed by atoms with E-state index in [0.717, 1.165) is 42.6 Å². The zero-order valence-corrected chi connectivity index (χ0v) is 21.8. The molecule has 0 aromatic heterocycles. The number of sulfonamides is 1. The van der Waals surface area contributed by atoms with Crippen molar-refractivity contribution in [2.45, 2.75) is 70.7 Å². The van der Waals surface area contributed by atoms with Crippen LogP contribution in [0.1, 0.15) is 55.7 Å². The molecule has 1 fully saturated rings. The summed E-state index contributed by atoms with van der Waals surface area (Å²) < 4.78 is 28.4. The predicted molar refractivity (Wildman–Crippen MR) is 139 cm³/mol. The van der Waals surface area contributed by atoms with E-state index in [1.807, 2.05) is 32.9 Å². The highest BCUT2D eigenvalue weighted by Crippen LogP contribution is 2.27. The highest BCUT2D eigenvalue weighted by atomic mass is 32.2. The highest BCUT2D eigenvalue weighted by molar-refractivity contribution is 7.92. The Hall–Kier alpha value is -2.38. The van der Waals surface area contributed by atoms with Crippen molar-refractivity contribution < 1.29 is 13.2 Å². The van der Waals surface area contributed by atoms with Crippen LogP contribution in [0.3, 0.4) is 0 Å². The van der Waals surface area contributed by atoms with Gasteiger partial charge in [-0.2, -0.15) is 0 Å². The standard InChI is InChI=1S/C27H39N3O3S/c1-5-24-9-6-7-17-29(24)18-8-16-28-27(31)20-30(26-15-12-22(3)19-23(26)4)34(32,33)25-13-10-21(2)11-14-25/h10-15,19,24H,5-9,16-18,20H2,1-4H3,(H,28,31). The van der Waals surface area contributed by atoms with Crippen molar-refractivity contribution in [2.75, 3.05) is 30.5 Å². The van der Waals surface area contributed by atoms with E-state index >= 15 is 0 Å². The zero-order chi connectivity index (χ0) is 24.7. The quantitative estimate of drug-likeness (QED) is 0.500. The second-order valence-electron chi connectivity index (χ2n) is 9.41. The topological polar surface area (TPSA) is 69.7 Å². The largest absolute Gasteiger partial charge is 0.354 e. The Morgan fingerprint density at radius 1 is 1.06 bits per heavy atom. The molecule has 6 nitrogen and oxygen atoms in total. The lowest BCUT2D eigenvalue weighted by Crippen LogP contribution is -2.43. The molecule has 1 N–H and O–H groups in total. The molecule has 0 saturated carbocycles. The van der Waals surface area contributed by atoms with Gasteiger partial charge in [-0.05, 0) is 76.8 Å². The normalized spacial score (nSPS) is 16.9. The third kappa shape index (κ3) is 6.60. The number of hydrogen-bond acceptors (Lipinski definition) is 4. The maximum atomic E-state index is 13.6. The van der Waals surface area contributed by atoms with E-state index in [9.17, 15) is 13.2 Å². The zero-order valence-electron chi connectivity index (χ0n) is 21.0. The molecule has 1 aliphatic rings. The van der Waals surface area contributed by atoms with Crippen LogP contribution >= 0.6 is 0 Å². The molecule has 1 atom stereocenters. The van der Waals surface area contributed by atoms with Gasteiger partial charge in [0, 0.05) is 19.1 Å². The Balaban J connectivity index is 1.70. The smallest absolute Gasteiger partial charge is 0.264 e. The average Bonchev–Trinajstić information content (AvgIpc) is 2.81. The molecule has 7 heteroatoms. The van der Waals surface area contributed by atoms with Crippen LogP contribution in [0.5, 0.6) is 0 Å². The van der Waals surface area contributed by atoms with E-state index in [-0.39, 0.29) is 17.3 Å². The van der Waals surface area contributed by atoms with Gasteiger partial charge < -0.3 is 10.2 Å². The van der Waals surface area contributed by atoms with E-state index in [1.165, 1.54) is 23.6 Å². The number of carbonyl (C=O) groups is 1. The van der Waals surface area contributed by atoms with E-state index in [2.05, 4.69) is 17.1 Å². The van der Waals surface area contributed by atoms with Crippen molar-refractivity contribution in [1.29, 1.82) is 0 Å². The molecule has 1 amide bonds. The molecular weight excluding hydrogens is 446 g/mol. The Labute approximate surface area is 205 Å². The molecular formula is C27H39N3O3S. The molecule has 2 aromatic rings. The summed E-state index contributed by atoms with van der Waals surface area (Å²) in [7, 11) is -3.90. The summed E-state index contributed by atoms with van der Waals surface area (Å²) >= 11 is 0. The van der Waals surface area contributed by atoms with Crippen molar-refractivity contribution in [1.82, 2.24) is 10.2 Å². The Morgan fingerprint density at radius 2 is 1.76 bits per heavy atom. The van der Waals surface area contributed by atoms with E-state index in [0.29, 0.717) is 18.3 Å². The monoisotopic (exact) mass is 485 g/mol. The van der Waals surface area contributed by atoms with Crippen LogP contribution in [0.4, 0.5) is 5.69 Å². The van der Waals surface area contributed by atoms with Crippen LogP contribution in [0, 0.1) is 20.8 Å². The van der Waals surface area contributed by atoms with Gasteiger partial charge in [-0.15, -0.1) is 0 Å². The van der Waals surface area contributed by atoms with Crippen LogP contribution in [-0.2, 0) is 14.8 Å². The van der Waals surface area contributed by atoms with Crippen molar-refractivity contribution in [3.05, 3.63) is 59.2 Å². The first-order valence-electron chi connectivity index (χ1n) is 12.4. The van der Waals surface area contributed by atoms with Crippen LogP contribution in [0.15, 0.2) is 47.4 Å². The van der Waals surface area contributed by atoms with Crippen molar-refractivity contribution >= 4 is 21.6 Å². The van der Waals surface area contributed by atoms with E-state index in [1.54, 1.807) is 30.3 Å². The molecule has 1 saturated heterocycles. The van der Waals surface area contributed by atoms with Crippen LogP contribution < -0.4 is 9.62 Å². The number of aryl methyl sites for hydroxylation is 3. The number of nitrogens with one attached hydrogen (secondary N) is 1. The van der Waals surface area contributed by atoms with Gasteiger partial charge in [-0.3, -0.25) is 9.10 Å². The number of rotatable bonds is 10. The molecule has 2 aromatic carbocycles. The summed E-state index contributed by atoms with van der Waals surface area (Å²) in [5, 5.41) is 2.95. The van der Waals surface area contributed by atoms with Gasteiger partial charge in [0.15, 0.2) is 0 Å². The van der Waals surface area contributed by atoms with Gasteiger partial charge in [0.25, 0.3) is 10.0 Å².